The van der Waals surface area contributed by atoms with Crippen molar-refractivity contribution >= 4 is 17.0 Å². The van der Waals surface area contributed by atoms with Gasteiger partial charge in [-0.3, -0.25) is 4.79 Å². The predicted molar refractivity (Wildman–Crippen MR) is 134 cm³/mol. The number of anilines is 1. The first-order valence-corrected chi connectivity index (χ1v) is 12.1. The summed E-state index contributed by atoms with van der Waals surface area (Å²) in [5, 5.41) is 4.50. The second kappa shape index (κ2) is 9.41. The zero-order chi connectivity index (χ0) is 23.7. The van der Waals surface area contributed by atoms with Crippen LogP contribution in [-0.4, -0.2) is 28.5 Å². The average molecular weight is 456 g/mol. The lowest BCUT2D eigenvalue weighted by Crippen LogP contribution is -2.32. The van der Waals surface area contributed by atoms with Crippen LogP contribution in [0.4, 0.5) is 10.1 Å². The van der Waals surface area contributed by atoms with Crippen LogP contribution in [0.15, 0.2) is 66.9 Å². The fourth-order valence-corrected chi connectivity index (χ4v) is 5.08. The van der Waals surface area contributed by atoms with Crippen molar-refractivity contribution in [3.63, 3.8) is 0 Å². The van der Waals surface area contributed by atoms with Gasteiger partial charge in [0.25, 0.3) is 0 Å². The number of benzene rings is 2. The van der Waals surface area contributed by atoms with Gasteiger partial charge in [-0.25, -0.2) is 8.91 Å². The lowest BCUT2D eigenvalue weighted by atomic mass is 9.89. The fourth-order valence-electron chi connectivity index (χ4n) is 5.08. The molecule has 1 saturated heterocycles. The van der Waals surface area contributed by atoms with Gasteiger partial charge in [0.2, 0.25) is 0 Å². The van der Waals surface area contributed by atoms with Gasteiger partial charge in [0.1, 0.15) is 5.82 Å². The van der Waals surface area contributed by atoms with E-state index >= 15 is 0 Å². The molecule has 0 unspecified atom stereocenters. The van der Waals surface area contributed by atoms with E-state index in [-0.39, 0.29) is 11.6 Å². The first-order valence-electron chi connectivity index (χ1n) is 12.1. The van der Waals surface area contributed by atoms with E-state index in [0.717, 1.165) is 48.3 Å². The van der Waals surface area contributed by atoms with Crippen molar-refractivity contribution in [1.82, 2.24) is 9.61 Å². The molecule has 0 bridgehead atoms. The summed E-state index contributed by atoms with van der Waals surface area (Å²) in [6.45, 7) is 5.92. The molecule has 1 fully saturated rings. The van der Waals surface area contributed by atoms with E-state index in [1.807, 2.05) is 44.3 Å². The number of rotatable bonds is 6. The van der Waals surface area contributed by atoms with E-state index in [1.165, 1.54) is 16.8 Å². The maximum Gasteiger partial charge on any atom is 0.167 e. The van der Waals surface area contributed by atoms with Crippen molar-refractivity contribution in [3.8, 4) is 0 Å². The number of fused-ring (bicyclic) bond motifs is 1. The van der Waals surface area contributed by atoms with Crippen LogP contribution < -0.4 is 4.90 Å². The molecule has 1 aliphatic heterocycles. The van der Waals surface area contributed by atoms with Crippen LogP contribution in [0.1, 0.15) is 57.9 Å². The van der Waals surface area contributed by atoms with E-state index in [2.05, 4.69) is 34.3 Å². The third kappa shape index (κ3) is 4.60. The number of aryl methyl sites for hydroxylation is 3. The molecule has 4 aromatic rings. The maximum atomic E-state index is 13.2. The molecular formula is C29H30FN3O. The number of hydrogen-bond donors (Lipinski definition) is 0. The van der Waals surface area contributed by atoms with Gasteiger partial charge in [-0.15, -0.1) is 0 Å². The number of pyridine rings is 1. The van der Waals surface area contributed by atoms with Crippen molar-refractivity contribution in [2.75, 3.05) is 18.0 Å². The Bertz CT molecular complexity index is 1300. The summed E-state index contributed by atoms with van der Waals surface area (Å²) in [6.07, 6.45) is 5.24. The van der Waals surface area contributed by atoms with Crippen LogP contribution in [0.5, 0.6) is 0 Å². The molecule has 0 aliphatic carbocycles. The van der Waals surface area contributed by atoms with Gasteiger partial charge < -0.3 is 4.90 Å². The van der Waals surface area contributed by atoms with E-state index in [9.17, 15) is 9.18 Å². The van der Waals surface area contributed by atoms with Crippen molar-refractivity contribution in [1.29, 1.82) is 0 Å². The average Bonchev–Trinajstić information content (AvgIpc) is 3.18. The molecule has 1 aliphatic rings. The SMILES string of the molecule is Cc1ccn2nc(C)c(C(=O)CCc3ccc(N4CCC(c5ccc(F)cc5)CC4)cc3)c2c1. The first-order chi connectivity index (χ1) is 16.5. The van der Waals surface area contributed by atoms with Crippen molar-refractivity contribution in [2.45, 2.75) is 45.4 Å². The van der Waals surface area contributed by atoms with Gasteiger partial charge in [-0.05, 0) is 92.1 Å². The number of nitrogens with zero attached hydrogens (tertiary/aromatic N) is 3. The Balaban J connectivity index is 1.18. The number of carbonyl (C=O) groups excluding carboxylic acids is 1. The second-order valence-corrected chi connectivity index (χ2v) is 9.40. The van der Waals surface area contributed by atoms with Gasteiger partial charge in [-0.1, -0.05) is 24.3 Å². The summed E-state index contributed by atoms with van der Waals surface area (Å²) in [6, 6.07) is 19.6. The molecule has 4 nitrogen and oxygen atoms in total. The zero-order valence-corrected chi connectivity index (χ0v) is 19.8. The number of halogens is 1. The van der Waals surface area contributed by atoms with E-state index in [4.69, 9.17) is 0 Å². The van der Waals surface area contributed by atoms with Gasteiger partial charge in [0, 0.05) is 31.4 Å². The Morgan fingerprint density at radius 2 is 1.71 bits per heavy atom. The molecular weight excluding hydrogens is 425 g/mol. The molecule has 3 heterocycles. The maximum absolute atomic E-state index is 13.2. The number of piperidine rings is 1. The van der Waals surface area contributed by atoms with Gasteiger partial charge in [0.05, 0.1) is 16.8 Å². The number of carbonyl (C=O) groups is 1. The number of Topliss-reactive ketones (excluding diaryl/α,β-unsaturated/α-hetero) is 1. The Morgan fingerprint density at radius 3 is 2.41 bits per heavy atom. The number of hydrogen-bond acceptors (Lipinski definition) is 3. The van der Waals surface area contributed by atoms with Crippen LogP contribution in [-0.2, 0) is 6.42 Å². The highest BCUT2D eigenvalue weighted by atomic mass is 19.1. The molecule has 5 heteroatoms. The van der Waals surface area contributed by atoms with Gasteiger partial charge in [-0.2, -0.15) is 5.10 Å². The molecule has 5 rings (SSSR count). The summed E-state index contributed by atoms with van der Waals surface area (Å²) in [7, 11) is 0. The summed E-state index contributed by atoms with van der Waals surface area (Å²) >= 11 is 0. The molecule has 0 spiro atoms. The van der Waals surface area contributed by atoms with E-state index < -0.39 is 0 Å². The Hall–Kier alpha value is -3.47. The lowest BCUT2D eigenvalue weighted by Gasteiger charge is -2.34. The molecule has 0 atom stereocenters. The standard InChI is InChI=1S/C29H30FN3O/c1-20-13-18-33-27(19-20)29(21(2)31-33)28(34)12-5-22-3-10-26(11-4-22)32-16-14-24(15-17-32)23-6-8-25(30)9-7-23/h3-4,6-11,13,18-19,24H,5,12,14-17H2,1-2H3. The molecule has 2 aromatic carbocycles. The van der Waals surface area contributed by atoms with Crippen molar-refractivity contribution in [3.05, 3.63) is 101 Å². The highest BCUT2D eigenvalue weighted by Gasteiger charge is 2.21. The van der Waals surface area contributed by atoms with Gasteiger partial charge >= 0.3 is 0 Å². The Kier molecular flexibility index (Phi) is 6.18. The summed E-state index contributed by atoms with van der Waals surface area (Å²) < 4.78 is 15.0. The van der Waals surface area contributed by atoms with Crippen LogP contribution in [0.2, 0.25) is 0 Å². The summed E-state index contributed by atoms with van der Waals surface area (Å²) in [5.41, 5.74) is 7.17. The Morgan fingerprint density at radius 1 is 1.00 bits per heavy atom. The third-order valence-electron chi connectivity index (χ3n) is 7.02. The number of ketones is 1. The molecule has 0 saturated carbocycles. The minimum atomic E-state index is -0.174. The van der Waals surface area contributed by atoms with Crippen molar-refractivity contribution in [2.24, 2.45) is 0 Å². The topological polar surface area (TPSA) is 37.6 Å². The van der Waals surface area contributed by atoms with Crippen LogP contribution in [0.3, 0.4) is 0 Å². The van der Waals surface area contributed by atoms with E-state index in [1.54, 1.807) is 16.6 Å². The summed E-state index contributed by atoms with van der Waals surface area (Å²) in [4.78, 5) is 15.4. The minimum absolute atomic E-state index is 0.144. The van der Waals surface area contributed by atoms with E-state index in [0.29, 0.717) is 18.8 Å². The lowest BCUT2D eigenvalue weighted by molar-refractivity contribution is 0.0984. The molecule has 34 heavy (non-hydrogen) atoms. The highest BCUT2D eigenvalue weighted by molar-refractivity contribution is 6.03. The van der Waals surface area contributed by atoms with Crippen molar-refractivity contribution < 1.29 is 9.18 Å². The van der Waals surface area contributed by atoms with Crippen LogP contribution >= 0.6 is 0 Å². The fraction of sp³-hybridized carbons (Fsp3) is 0.310. The first kappa shape index (κ1) is 22.3. The second-order valence-electron chi connectivity index (χ2n) is 9.40. The molecule has 2 aromatic heterocycles. The summed E-state index contributed by atoms with van der Waals surface area (Å²) in [5.74, 6) is 0.464. The largest absolute Gasteiger partial charge is 0.371 e. The van der Waals surface area contributed by atoms with Crippen LogP contribution in [0.25, 0.3) is 5.52 Å². The molecule has 0 amide bonds. The molecule has 0 N–H and O–H groups in total. The molecule has 0 radical (unpaired) electrons. The van der Waals surface area contributed by atoms with Gasteiger partial charge in [0.15, 0.2) is 5.78 Å². The smallest absolute Gasteiger partial charge is 0.167 e. The predicted octanol–water partition coefficient (Wildman–Crippen LogP) is 6.29. The zero-order valence-electron chi connectivity index (χ0n) is 19.8. The highest BCUT2D eigenvalue weighted by Crippen LogP contribution is 2.31. The Labute approximate surface area is 200 Å². The minimum Gasteiger partial charge on any atom is -0.371 e. The molecule has 174 valence electrons. The monoisotopic (exact) mass is 455 g/mol. The van der Waals surface area contributed by atoms with Crippen LogP contribution in [0, 0.1) is 19.7 Å². The third-order valence-corrected chi connectivity index (χ3v) is 7.02. The normalized spacial score (nSPS) is 14.6. The quantitative estimate of drug-likeness (QED) is 0.321. The number of aromatic nitrogens is 2.